The molecule has 2 aromatic rings. The maximum atomic E-state index is 12.0. The van der Waals surface area contributed by atoms with Crippen LogP contribution in [-0.4, -0.2) is 22.0 Å². The van der Waals surface area contributed by atoms with E-state index in [-0.39, 0.29) is 17.3 Å². The number of halogens is 2. The van der Waals surface area contributed by atoms with Crippen molar-refractivity contribution in [1.82, 2.24) is 4.98 Å². The number of nitrogens with zero attached hydrogens (tertiary/aromatic N) is 1. The maximum Gasteiger partial charge on any atom is 0.337 e. The zero-order chi connectivity index (χ0) is 14.7. The molecule has 0 spiro atoms. The lowest BCUT2D eigenvalue weighted by molar-refractivity contribution is 0.0696. The molecule has 0 saturated heterocycles. The summed E-state index contributed by atoms with van der Waals surface area (Å²) in [6.45, 7) is 0. The van der Waals surface area contributed by atoms with Crippen molar-refractivity contribution in [3.8, 4) is 0 Å². The van der Waals surface area contributed by atoms with Crippen molar-refractivity contribution in [2.75, 3.05) is 5.32 Å². The van der Waals surface area contributed by atoms with E-state index in [9.17, 15) is 9.59 Å². The Labute approximate surface area is 127 Å². The molecule has 1 aromatic heterocycles. The van der Waals surface area contributed by atoms with Gasteiger partial charge < -0.3 is 10.4 Å². The third kappa shape index (κ3) is 3.55. The molecule has 20 heavy (non-hydrogen) atoms. The zero-order valence-corrected chi connectivity index (χ0v) is 12.3. The number of benzene rings is 1. The van der Waals surface area contributed by atoms with Gasteiger partial charge in [-0.3, -0.25) is 4.79 Å². The van der Waals surface area contributed by atoms with Crippen LogP contribution in [0.4, 0.5) is 5.82 Å². The van der Waals surface area contributed by atoms with Crippen molar-refractivity contribution in [1.29, 1.82) is 0 Å². The fraction of sp³-hybridized carbons (Fsp3) is 0. The third-order valence-corrected chi connectivity index (χ3v) is 3.05. The van der Waals surface area contributed by atoms with Gasteiger partial charge >= 0.3 is 5.97 Å². The van der Waals surface area contributed by atoms with Gasteiger partial charge in [0.2, 0.25) is 0 Å². The van der Waals surface area contributed by atoms with E-state index in [1.165, 1.54) is 24.4 Å². The number of carbonyl (C=O) groups excluding carboxylic acids is 1. The van der Waals surface area contributed by atoms with E-state index in [4.69, 9.17) is 16.7 Å². The number of rotatable bonds is 3. The quantitative estimate of drug-likeness (QED) is 0.884. The fourth-order valence-corrected chi connectivity index (χ4v) is 2.33. The summed E-state index contributed by atoms with van der Waals surface area (Å²) in [4.78, 5) is 26.5. The second-order valence-electron chi connectivity index (χ2n) is 3.85. The Morgan fingerprint density at radius 1 is 1.20 bits per heavy atom. The minimum absolute atomic E-state index is 0.0495. The Morgan fingerprint density at radius 2 is 1.95 bits per heavy atom. The van der Waals surface area contributed by atoms with Crippen molar-refractivity contribution >= 4 is 45.2 Å². The summed E-state index contributed by atoms with van der Waals surface area (Å²) in [5.41, 5.74) is 0.419. The van der Waals surface area contributed by atoms with Gasteiger partial charge in [0.25, 0.3) is 5.91 Å². The number of carbonyl (C=O) groups is 2. The second-order valence-corrected chi connectivity index (χ2v) is 5.20. The molecule has 0 aliphatic rings. The number of aromatic carboxylic acids is 1. The van der Waals surface area contributed by atoms with E-state index >= 15 is 0 Å². The van der Waals surface area contributed by atoms with Gasteiger partial charge in [0.05, 0.1) is 5.56 Å². The summed E-state index contributed by atoms with van der Waals surface area (Å²) < 4.78 is 0.685. The minimum Gasteiger partial charge on any atom is -0.478 e. The number of nitrogens with one attached hydrogen (secondary N) is 1. The Balaban J connectivity index is 2.16. The van der Waals surface area contributed by atoms with Crippen molar-refractivity contribution in [3.63, 3.8) is 0 Å². The number of pyridine rings is 1. The van der Waals surface area contributed by atoms with Gasteiger partial charge in [0.15, 0.2) is 0 Å². The highest BCUT2D eigenvalue weighted by Crippen LogP contribution is 2.20. The number of hydrogen-bond acceptors (Lipinski definition) is 3. The maximum absolute atomic E-state index is 12.0. The van der Waals surface area contributed by atoms with E-state index in [0.717, 1.165) is 0 Å². The Hall–Kier alpha value is -1.92. The standard InChI is InChI=1S/C13H8BrClN2O3/c14-9-3-8(4-10(15)5-9)12(18)17-11-2-1-7(6-16-11)13(19)20/h1-6H,(H,19,20)(H,16,17,18). The fourth-order valence-electron chi connectivity index (χ4n) is 1.47. The molecule has 0 aliphatic carbocycles. The molecule has 0 bridgehead atoms. The van der Waals surface area contributed by atoms with Crippen molar-refractivity contribution in [2.24, 2.45) is 0 Å². The van der Waals surface area contributed by atoms with Crippen LogP contribution in [0.5, 0.6) is 0 Å². The number of hydrogen-bond donors (Lipinski definition) is 2. The smallest absolute Gasteiger partial charge is 0.337 e. The molecule has 1 aromatic carbocycles. The largest absolute Gasteiger partial charge is 0.478 e. The Bertz CT molecular complexity index is 654. The number of carboxylic acids is 1. The van der Waals surface area contributed by atoms with Crippen molar-refractivity contribution in [2.45, 2.75) is 0 Å². The SMILES string of the molecule is O=C(O)c1ccc(NC(=O)c2cc(Cl)cc(Br)c2)nc1. The van der Waals surface area contributed by atoms with Crippen molar-refractivity contribution < 1.29 is 14.7 Å². The van der Waals surface area contributed by atoms with Crippen LogP contribution in [0.1, 0.15) is 20.7 Å². The van der Waals surface area contributed by atoms with E-state index < -0.39 is 5.97 Å². The molecule has 5 nitrogen and oxygen atoms in total. The van der Waals surface area contributed by atoms with Gasteiger partial charge in [0.1, 0.15) is 5.82 Å². The average molecular weight is 356 g/mol. The molecule has 2 N–H and O–H groups in total. The molecule has 0 atom stereocenters. The van der Waals surface area contributed by atoms with Crippen LogP contribution in [0.2, 0.25) is 5.02 Å². The summed E-state index contributed by atoms with van der Waals surface area (Å²) in [7, 11) is 0. The molecule has 0 fully saturated rings. The molecular formula is C13H8BrClN2O3. The first-order valence-electron chi connectivity index (χ1n) is 5.42. The van der Waals surface area contributed by atoms with Gasteiger partial charge in [-0.1, -0.05) is 27.5 Å². The van der Waals surface area contributed by atoms with Crippen molar-refractivity contribution in [3.05, 3.63) is 57.2 Å². The molecule has 1 heterocycles. The number of aromatic nitrogens is 1. The Kier molecular flexibility index (Phi) is 4.36. The summed E-state index contributed by atoms with van der Waals surface area (Å²) in [6, 6.07) is 7.58. The molecule has 102 valence electrons. The summed E-state index contributed by atoms with van der Waals surface area (Å²) >= 11 is 9.11. The number of carboxylic acid groups (broad SMARTS) is 1. The monoisotopic (exact) mass is 354 g/mol. The van der Waals surface area contributed by atoms with Gasteiger partial charge in [-0.2, -0.15) is 0 Å². The molecule has 2 rings (SSSR count). The van der Waals surface area contributed by atoms with Gasteiger partial charge in [-0.05, 0) is 30.3 Å². The summed E-state index contributed by atoms with van der Waals surface area (Å²) in [6.07, 6.45) is 1.17. The van der Waals surface area contributed by atoms with Crippen LogP contribution in [0.15, 0.2) is 41.0 Å². The van der Waals surface area contributed by atoms with Crippen LogP contribution in [-0.2, 0) is 0 Å². The zero-order valence-electron chi connectivity index (χ0n) is 9.93. The molecule has 0 saturated carbocycles. The third-order valence-electron chi connectivity index (χ3n) is 2.38. The van der Waals surface area contributed by atoms with Gasteiger partial charge in [-0.15, -0.1) is 0 Å². The highest BCUT2D eigenvalue weighted by atomic mass is 79.9. The molecular weight excluding hydrogens is 348 g/mol. The van der Waals surface area contributed by atoms with E-state index in [1.807, 2.05) is 0 Å². The van der Waals surface area contributed by atoms with E-state index in [1.54, 1.807) is 12.1 Å². The van der Waals surface area contributed by atoms with E-state index in [2.05, 4.69) is 26.2 Å². The average Bonchev–Trinajstić information content (AvgIpc) is 2.38. The highest BCUT2D eigenvalue weighted by Gasteiger charge is 2.09. The summed E-state index contributed by atoms with van der Waals surface area (Å²) in [5.74, 6) is -1.20. The number of anilines is 1. The van der Waals surface area contributed by atoms with Gasteiger partial charge in [0, 0.05) is 21.3 Å². The molecule has 1 amide bonds. The first-order chi connectivity index (χ1) is 9.45. The first kappa shape index (κ1) is 14.5. The molecule has 7 heteroatoms. The predicted molar refractivity (Wildman–Crippen MR) is 78.3 cm³/mol. The molecule has 0 aliphatic heterocycles. The minimum atomic E-state index is -1.07. The Morgan fingerprint density at radius 3 is 2.50 bits per heavy atom. The lowest BCUT2D eigenvalue weighted by Gasteiger charge is -2.05. The second kappa shape index (κ2) is 6.02. The van der Waals surface area contributed by atoms with Crippen LogP contribution in [0.3, 0.4) is 0 Å². The number of amides is 1. The predicted octanol–water partition coefficient (Wildman–Crippen LogP) is 3.45. The first-order valence-corrected chi connectivity index (χ1v) is 6.59. The van der Waals surface area contributed by atoms with Crippen LogP contribution in [0, 0.1) is 0 Å². The lowest BCUT2D eigenvalue weighted by Crippen LogP contribution is -2.13. The molecule has 0 radical (unpaired) electrons. The van der Waals surface area contributed by atoms with Gasteiger partial charge in [-0.25, -0.2) is 9.78 Å². The lowest BCUT2D eigenvalue weighted by atomic mass is 10.2. The van der Waals surface area contributed by atoms with Crippen LogP contribution < -0.4 is 5.32 Å². The summed E-state index contributed by atoms with van der Waals surface area (Å²) in [5, 5.41) is 11.7. The topological polar surface area (TPSA) is 79.3 Å². The normalized spacial score (nSPS) is 10.1. The van der Waals surface area contributed by atoms with E-state index in [0.29, 0.717) is 15.1 Å². The van der Waals surface area contributed by atoms with Crippen LogP contribution >= 0.6 is 27.5 Å². The van der Waals surface area contributed by atoms with Crippen LogP contribution in [0.25, 0.3) is 0 Å². The highest BCUT2D eigenvalue weighted by molar-refractivity contribution is 9.10. The molecule has 0 unspecified atom stereocenters.